The van der Waals surface area contributed by atoms with E-state index in [-0.39, 0.29) is 11.9 Å². The molecule has 0 N–H and O–H groups in total. The smallest absolute Gasteiger partial charge is 0.309 e. The number of hydrogen-bond acceptors (Lipinski definition) is 4. The van der Waals surface area contributed by atoms with Gasteiger partial charge < -0.3 is 9.47 Å². The van der Waals surface area contributed by atoms with Crippen LogP contribution in [0, 0.1) is 5.92 Å². The fraction of sp³-hybridized carbons (Fsp3) is 0.917. The van der Waals surface area contributed by atoms with Crippen LogP contribution >= 0.6 is 0 Å². The van der Waals surface area contributed by atoms with Crippen LogP contribution < -0.4 is 0 Å². The molecule has 4 heteroatoms. The third-order valence-electron chi connectivity index (χ3n) is 3.64. The second kappa shape index (κ2) is 5.64. The molecule has 0 bridgehead atoms. The van der Waals surface area contributed by atoms with Crippen LogP contribution in [0.3, 0.4) is 0 Å². The molecule has 0 amide bonds. The summed E-state index contributed by atoms with van der Waals surface area (Å²) in [5.74, 6) is 0.0158. The van der Waals surface area contributed by atoms with Gasteiger partial charge >= 0.3 is 5.97 Å². The number of carbonyl (C=O) groups is 1. The number of hydrogen-bond donors (Lipinski definition) is 0. The Labute approximate surface area is 96.9 Å². The van der Waals surface area contributed by atoms with Crippen molar-refractivity contribution in [3.63, 3.8) is 0 Å². The first-order chi connectivity index (χ1) is 7.81. The standard InChI is InChI=1S/C12H21NO3/c1-15-12(14)10-4-2-6-13(8-10)11-5-3-7-16-9-11/h10-11H,2-9H2,1H3. The molecule has 2 fully saturated rings. The topological polar surface area (TPSA) is 38.8 Å². The maximum Gasteiger partial charge on any atom is 0.309 e. The Hall–Kier alpha value is -0.610. The van der Waals surface area contributed by atoms with Gasteiger partial charge in [-0.25, -0.2) is 0 Å². The van der Waals surface area contributed by atoms with Crippen molar-refractivity contribution in [1.82, 2.24) is 4.90 Å². The van der Waals surface area contributed by atoms with E-state index in [4.69, 9.17) is 9.47 Å². The number of likely N-dealkylation sites (tertiary alicyclic amines) is 1. The summed E-state index contributed by atoms with van der Waals surface area (Å²) in [7, 11) is 1.48. The Morgan fingerprint density at radius 1 is 1.38 bits per heavy atom. The lowest BCUT2D eigenvalue weighted by atomic mass is 9.95. The summed E-state index contributed by atoms with van der Waals surface area (Å²) in [4.78, 5) is 13.9. The quantitative estimate of drug-likeness (QED) is 0.661. The normalized spacial score (nSPS) is 32.3. The van der Waals surface area contributed by atoms with Gasteiger partial charge in [-0.2, -0.15) is 0 Å². The minimum atomic E-state index is -0.0542. The first-order valence-corrected chi connectivity index (χ1v) is 6.21. The Bertz CT molecular complexity index is 238. The lowest BCUT2D eigenvalue weighted by Crippen LogP contribution is -2.48. The number of rotatable bonds is 2. The lowest BCUT2D eigenvalue weighted by Gasteiger charge is -2.38. The summed E-state index contributed by atoms with van der Waals surface area (Å²) >= 11 is 0. The molecule has 2 aliphatic heterocycles. The average Bonchev–Trinajstić information content (AvgIpc) is 2.39. The van der Waals surface area contributed by atoms with E-state index >= 15 is 0 Å². The SMILES string of the molecule is COC(=O)C1CCCN(C2CCCOC2)C1. The molecule has 0 radical (unpaired) electrons. The molecule has 0 aliphatic carbocycles. The van der Waals surface area contributed by atoms with Crippen molar-refractivity contribution in [1.29, 1.82) is 0 Å². The molecule has 0 spiro atoms. The van der Waals surface area contributed by atoms with Gasteiger partial charge in [0.1, 0.15) is 0 Å². The van der Waals surface area contributed by atoms with Gasteiger partial charge in [0.15, 0.2) is 0 Å². The summed E-state index contributed by atoms with van der Waals surface area (Å²) < 4.78 is 10.3. The fourth-order valence-corrected chi connectivity index (χ4v) is 2.71. The monoisotopic (exact) mass is 227 g/mol. The Kier molecular flexibility index (Phi) is 4.18. The second-order valence-corrected chi connectivity index (χ2v) is 4.73. The highest BCUT2D eigenvalue weighted by molar-refractivity contribution is 5.72. The van der Waals surface area contributed by atoms with Crippen LogP contribution in [-0.2, 0) is 14.3 Å². The molecule has 0 aromatic rings. The molecule has 2 heterocycles. The predicted molar refractivity (Wildman–Crippen MR) is 60.2 cm³/mol. The summed E-state index contributed by atoms with van der Waals surface area (Å²) in [6.45, 7) is 3.67. The summed E-state index contributed by atoms with van der Waals surface area (Å²) in [6.07, 6.45) is 4.41. The number of esters is 1. The van der Waals surface area contributed by atoms with E-state index in [1.165, 1.54) is 13.5 Å². The molecule has 4 nitrogen and oxygen atoms in total. The zero-order valence-corrected chi connectivity index (χ0v) is 9.98. The molecule has 2 aliphatic rings. The van der Waals surface area contributed by atoms with Crippen molar-refractivity contribution >= 4 is 5.97 Å². The van der Waals surface area contributed by atoms with Gasteiger partial charge in [0, 0.05) is 19.2 Å². The number of methoxy groups -OCH3 is 1. The van der Waals surface area contributed by atoms with Crippen LogP contribution in [-0.4, -0.2) is 50.3 Å². The van der Waals surface area contributed by atoms with Gasteiger partial charge in [-0.1, -0.05) is 0 Å². The summed E-state index contributed by atoms with van der Waals surface area (Å²) in [6, 6.07) is 0.515. The third-order valence-corrected chi connectivity index (χ3v) is 3.64. The van der Waals surface area contributed by atoms with E-state index in [1.807, 2.05) is 0 Å². The molecular formula is C12H21NO3. The van der Waals surface area contributed by atoms with Crippen LogP contribution in [0.5, 0.6) is 0 Å². The number of nitrogens with zero attached hydrogens (tertiary/aromatic N) is 1. The van der Waals surface area contributed by atoms with Crippen LogP contribution in [0.25, 0.3) is 0 Å². The van der Waals surface area contributed by atoms with Crippen molar-refractivity contribution < 1.29 is 14.3 Å². The predicted octanol–water partition coefficient (Wildman–Crippen LogP) is 1.05. The van der Waals surface area contributed by atoms with Gasteiger partial charge in [-0.05, 0) is 32.2 Å². The van der Waals surface area contributed by atoms with Gasteiger partial charge in [0.05, 0.1) is 19.6 Å². The lowest BCUT2D eigenvalue weighted by molar-refractivity contribution is -0.148. The molecular weight excluding hydrogens is 206 g/mol. The average molecular weight is 227 g/mol. The van der Waals surface area contributed by atoms with Gasteiger partial charge in [0.25, 0.3) is 0 Å². The number of piperidine rings is 1. The van der Waals surface area contributed by atoms with Crippen molar-refractivity contribution in [2.24, 2.45) is 5.92 Å². The largest absolute Gasteiger partial charge is 0.469 e. The van der Waals surface area contributed by atoms with E-state index in [0.29, 0.717) is 6.04 Å². The van der Waals surface area contributed by atoms with E-state index in [0.717, 1.165) is 45.6 Å². The second-order valence-electron chi connectivity index (χ2n) is 4.73. The Morgan fingerprint density at radius 3 is 2.94 bits per heavy atom. The van der Waals surface area contributed by atoms with Gasteiger partial charge in [0.2, 0.25) is 0 Å². The highest BCUT2D eigenvalue weighted by Gasteiger charge is 2.31. The third kappa shape index (κ3) is 2.74. The maximum atomic E-state index is 11.5. The maximum absolute atomic E-state index is 11.5. The first-order valence-electron chi connectivity index (χ1n) is 6.21. The summed E-state index contributed by atoms with van der Waals surface area (Å²) in [5, 5.41) is 0. The molecule has 0 saturated carbocycles. The van der Waals surface area contributed by atoms with E-state index in [2.05, 4.69) is 4.90 Å². The highest BCUT2D eigenvalue weighted by Crippen LogP contribution is 2.22. The molecule has 2 unspecified atom stereocenters. The van der Waals surface area contributed by atoms with E-state index in [9.17, 15) is 4.79 Å². The van der Waals surface area contributed by atoms with Crippen molar-refractivity contribution in [3.05, 3.63) is 0 Å². The zero-order chi connectivity index (χ0) is 11.4. The Morgan fingerprint density at radius 2 is 2.25 bits per heavy atom. The number of carbonyl (C=O) groups excluding carboxylic acids is 1. The molecule has 2 rings (SSSR count). The van der Waals surface area contributed by atoms with Crippen LogP contribution in [0.1, 0.15) is 25.7 Å². The molecule has 2 saturated heterocycles. The highest BCUT2D eigenvalue weighted by atomic mass is 16.5. The molecule has 92 valence electrons. The van der Waals surface area contributed by atoms with Crippen molar-refractivity contribution in [2.45, 2.75) is 31.7 Å². The minimum absolute atomic E-state index is 0.0542. The van der Waals surface area contributed by atoms with E-state index < -0.39 is 0 Å². The fourth-order valence-electron chi connectivity index (χ4n) is 2.71. The minimum Gasteiger partial charge on any atom is -0.469 e. The summed E-state index contributed by atoms with van der Waals surface area (Å²) in [5.41, 5.74) is 0. The van der Waals surface area contributed by atoms with Crippen molar-refractivity contribution in [2.75, 3.05) is 33.4 Å². The first kappa shape index (κ1) is 11.9. The van der Waals surface area contributed by atoms with Gasteiger partial charge in [-0.3, -0.25) is 9.69 Å². The van der Waals surface area contributed by atoms with Crippen LogP contribution in [0.4, 0.5) is 0 Å². The van der Waals surface area contributed by atoms with E-state index in [1.54, 1.807) is 0 Å². The molecule has 16 heavy (non-hydrogen) atoms. The molecule has 0 aromatic carbocycles. The van der Waals surface area contributed by atoms with Crippen molar-refractivity contribution in [3.8, 4) is 0 Å². The number of ether oxygens (including phenoxy) is 2. The Balaban J connectivity index is 1.87. The zero-order valence-electron chi connectivity index (χ0n) is 9.98. The molecule has 0 aromatic heterocycles. The van der Waals surface area contributed by atoms with Gasteiger partial charge in [-0.15, -0.1) is 0 Å². The molecule has 2 atom stereocenters. The van der Waals surface area contributed by atoms with Crippen LogP contribution in [0.15, 0.2) is 0 Å². The van der Waals surface area contributed by atoms with Crippen LogP contribution in [0.2, 0.25) is 0 Å².